The fraction of sp³-hybridized carbons (Fsp3) is 0.364. The van der Waals surface area contributed by atoms with Gasteiger partial charge in [-0.25, -0.2) is 4.98 Å². The van der Waals surface area contributed by atoms with E-state index in [1.807, 2.05) is 13.0 Å². The second-order valence-electron chi connectivity index (χ2n) is 3.64. The molecule has 2 rings (SSSR count). The van der Waals surface area contributed by atoms with Crippen LogP contribution >= 0.6 is 0 Å². The predicted octanol–water partition coefficient (Wildman–Crippen LogP) is 1.95. The number of ether oxygens (including phenoxy) is 1. The fourth-order valence-corrected chi connectivity index (χ4v) is 1.39. The van der Waals surface area contributed by atoms with Crippen molar-refractivity contribution in [3.8, 4) is 5.88 Å². The van der Waals surface area contributed by atoms with Gasteiger partial charge >= 0.3 is 0 Å². The second kappa shape index (κ2) is 4.82. The highest BCUT2D eigenvalue weighted by Crippen LogP contribution is 2.18. The van der Waals surface area contributed by atoms with Crippen LogP contribution in [0.5, 0.6) is 5.88 Å². The molecule has 0 saturated carbocycles. The molecule has 1 atom stereocenters. The number of methoxy groups -OCH3 is 1. The van der Waals surface area contributed by atoms with Crippen molar-refractivity contribution in [2.45, 2.75) is 19.9 Å². The van der Waals surface area contributed by atoms with Gasteiger partial charge in [0, 0.05) is 6.07 Å². The highest BCUT2D eigenvalue weighted by molar-refractivity contribution is 5.43. The Morgan fingerprint density at radius 1 is 1.41 bits per heavy atom. The van der Waals surface area contributed by atoms with Crippen LogP contribution in [0.25, 0.3) is 0 Å². The quantitative estimate of drug-likeness (QED) is 0.871. The Labute approximate surface area is 99.0 Å². The van der Waals surface area contributed by atoms with Crippen molar-refractivity contribution in [2.24, 2.45) is 0 Å². The number of nitrogens with zero attached hydrogens (tertiary/aromatic N) is 3. The van der Waals surface area contributed by atoms with Crippen molar-refractivity contribution < 1.29 is 9.26 Å². The Bertz CT molecular complexity index is 480. The van der Waals surface area contributed by atoms with Crippen molar-refractivity contribution in [1.82, 2.24) is 15.1 Å². The molecule has 0 aromatic carbocycles. The molecule has 0 saturated heterocycles. The van der Waals surface area contributed by atoms with E-state index in [0.717, 1.165) is 5.69 Å². The van der Waals surface area contributed by atoms with E-state index in [2.05, 4.69) is 20.4 Å². The van der Waals surface area contributed by atoms with Gasteiger partial charge in [0.2, 0.25) is 11.8 Å². The van der Waals surface area contributed by atoms with Crippen molar-refractivity contribution >= 4 is 5.69 Å². The zero-order valence-corrected chi connectivity index (χ0v) is 9.97. The summed E-state index contributed by atoms with van der Waals surface area (Å²) in [6, 6.07) is 3.60. The van der Waals surface area contributed by atoms with Crippen LogP contribution in [0.15, 0.2) is 22.9 Å². The molecule has 17 heavy (non-hydrogen) atoms. The molecule has 0 bridgehead atoms. The van der Waals surface area contributed by atoms with E-state index < -0.39 is 0 Å². The average molecular weight is 234 g/mol. The normalized spacial score (nSPS) is 12.2. The maximum atomic E-state index is 5.07. The second-order valence-corrected chi connectivity index (χ2v) is 3.64. The van der Waals surface area contributed by atoms with Gasteiger partial charge in [0.15, 0.2) is 5.82 Å². The lowest BCUT2D eigenvalue weighted by Gasteiger charge is -2.10. The van der Waals surface area contributed by atoms with E-state index in [0.29, 0.717) is 17.6 Å². The standard InChI is InChI=1S/C11H14N4O2/c1-7(11-14-8(2)15-17-11)13-9-4-5-10(16-3)12-6-9/h4-7,13H,1-3H3/t7-/m1/s1. The lowest BCUT2D eigenvalue weighted by Crippen LogP contribution is -2.07. The van der Waals surface area contributed by atoms with E-state index in [4.69, 9.17) is 9.26 Å². The summed E-state index contributed by atoms with van der Waals surface area (Å²) >= 11 is 0. The molecule has 0 spiro atoms. The third-order valence-electron chi connectivity index (χ3n) is 2.24. The molecule has 0 fully saturated rings. The van der Waals surface area contributed by atoms with Gasteiger partial charge in [0.1, 0.15) is 6.04 Å². The molecular formula is C11H14N4O2. The molecule has 0 aliphatic heterocycles. The van der Waals surface area contributed by atoms with Crippen LogP contribution in [0.2, 0.25) is 0 Å². The minimum Gasteiger partial charge on any atom is -0.481 e. The van der Waals surface area contributed by atoms with Gasteiger partial charge in [-0.05, 0) is 19.9 Å². The molecule has 2 aromatic rings. The van der Waals surface area contributed by atoms with Gasteiger partial charge in [-0.15, -0.1) is 0 Å². The first-order valence-electron chi connectivity index (χ1n) is 5.26. The first-order valence-corrected chi connectivity index (χ1v) is 5.26. The van der Waals surface area contributed by atoms with Gasteiger partial charge in [0.25, 0.3) is 0 Å². The molecule has 0 radical (unpaired) electrons. The van der Waals surface area contributed by atoms with Gasteiger partial charge in [-0.3, -0.25) is 0 Å². The van der Waals surface area contributed by atoms with Crippen LogP contribution in [0, 0.1) is 6.92 Å². The van der Waals surface area contributed by atoms with Gasteiger partial charge in [-0.2, -0.15) is 4.98 Å². The highest BCUT2D eigenvalue weighted by atomic mass is 16.5. The molecule has 6 nitrogen and oxygen atoms in total. The third kappa shape index (κ3) is 2.72. The van der Waals surface area contributed by atoms with Gasteiger partial charge in [-0.1, -0.05) is 5.16 Å². The number of aromatic nitrogens is 3. The molecule has 90 valence electrons. The average Bonchev–Trinajstić information content (AvgIpc) is 2.77. The predicted molar refractivity (Wildman–Crippen MR) is 61.9 cm³/mol. The number of nitrogens with one attached hydrogen (secondary N) is 1. The van der Waals surface area contributed by atoms with E-state index in [-0.39, 0.29) is 6.04 Å². The summed E-state index contributed by atoms with van der Waals surface area (Å²) in [5.74, 6) is 1.76. The lowest BCUT2D eigenvalue weighted by molar-refractivity contribution is 0.364. The molecule has 2 aromatic heterocycles. The molecule has 0 amide bonds. The third-order valence-corrected chi connectivity index (χ3v) is 2.24. The summed E-state index contributed by atoms with van der Waals surface area (Å²) in [5.41, 5.74) is 0.870. The smallest absolute Gasteiger partial charge is 0.248 e. The number of pyridine rings is 1. The van der Waals surface area contributed by atoms with Crippen LogP contribution in [-0.2, 0) is 0 Å². The summed E-state index contributed by atoms with van der Waals surface area (Å²) < 4.78 is 10.1. The number of anilines is 1. The van der Waals surface area contributed by atoms with Crippen molar-refractivity contribution in [2.75, 3.05) is 12.4 Å². The summed E-state index contributed by atoms with van der Waals surface area (Å²) in [4.78, 5) is 8.25. The molecule has 6 heteroatoms. The van der Waals surface area contributed by atoms with Crippen LogP contribution in [0.1, 0.15) is 24.7 Å². The van der Waals surface area contributed by atoms with Crippen LogP contribution in [0.3, 0.4) is 0 Å². The zero-order valence-electron chi connectivity index (χ0n) is 9.97. The van der Waals surface area contributed by atoms with Crippen molar-refractivity contribution in [3.63, 3.8) is 0 Å². The maximum absolute atomic E-state index is 5.07. The minimum absolute atomic E-state index is 0.0635. The number of hydrogen-bond acceptors (Lipinski definition) is 6. The molecular weight excluding hydrogens is 220 g/mol. The summed E-state index contributed by atoms with van der Waals surface area (Å²) in [5, 5.41) is 6.95. The van der Waals surface area contributed by atoms with Crippen LogP contribution in [-0.4, -0.2) is 22.2 Å². The van der Waals surface area contributed by atoms with E-state index in [1.165, 1.54) is 0 Å². The number of hydrogen-bond donors (Lipinski definition) is 1. The maximum Gasteiger partial charge on any atom is 0.248 e. The Morgan fingerprint density at radius 2 is 2.24 bits per heavy atom. The Hall–Kier alpha value is -2.11. The van der Waals surface area contributed by atoms with E-state index in [1.54, 1.807) is 26.3 Å². The molecule has 0 unspecified atom stereocenters. The molecule has 1 N–H and O–H groups in total. The largest absolute Gasteiger partial charge is 0.481 e. The number of aryl methyl sites for hydroxylation is 1. The van der Waals surface area contributed by atoms with E-state index in [9.17, 15) is 0 Å². The zero-order chi connectivity index (χ0) is 12.3. The Balaban J connectivity index is 2.04. The highest BCUT2D eigenvalue weighted by Gasteiger charge is 2.12. The minimum atomic E-state index is -0.0635. The van der Waals surface area contributed by atoms with Crippen molar-refractivity contribution in [3.05, 3.63) is 30.0 Å². The number of rotatable bonds is 4. The topological polar surface area (TPSA) is 73.1 Å². The monoisotopic (exact) mass is 234 g/mol. The summed E-state index contributed by atoms with van der Waals surface area (Å²) in [6.07, 6.45) is 1.69. The molecule has 2 heterocycles. The summed E-state index contributed by atoms with van der Waals surface area (Å²) in [7, 11) is 1.58. The lowest BCUT2D eigenvalue weighted by atomic mass is 10.3. The molecule has 0 aliphatic rings. The fourth-order valence-electron chi connectivity index (χ4n) is 1.39. The van der Waals surface area contributed by atoms with Crippen LogP contribution < -0.4 is 10.1 Å². The van der Waals surface area contributed by atoms with Gasteiger partial charge in [0.05, 0.1) is 19.0 Å². The summed E-state index contributed by atoms with van der Waals surface area (Å²) in [6.45, 7) is 3.73. The Morgan fingerprint density at radius 3 is 2.76 bits per heavy atom. The van der Waals surface area contributed by atoms with Crippen LogP contribution in [0.4, 0.5) is 5.69 Å². The Kier molecular flexibility index (Phi) is 3.22. The van der Waals surface area contributed by atoms with E-state index >= 15 is 0 Å². The first-order chi connectivity index (χ1) is 8.19. The first kappa shape index (κ1) is 11.4. The van der Waals surface area contributed by atoms with Crippen molar-refractivity contribution in [1.29, 1.82) is 0 Å². The SMILES string of the molecule is COc1ccc(N[C@H](C)c2nc(C)no2)cn1. The molecule has 0 aliphatic carbocycles. The van der Waals surface area contributed by atoms with Gasteiger partial charge < -0.3 is 14.6 Å².